The Balaban J connectivity index is 2.43. The normalized spacial score (nSPS) is 11.8. The molecule has 0 radical (unpaired) electrons. The van der Waals surface area contributed by atoms with Gasteiger partial charge >= 0.3 is 0 Å². The fourth-order valence-electron chi connectivity index (χ4n) is 2.01. The average molecular weight is 233 g/mol. The molecule has 0 saturated heterocycles. The van der Waals surface area contributed by atoms with Gasteiger partial charge in [-0.2, -0.15) is 0 Å². The van der Waals surface area contributed by atoms with Gasteiger partial charge < -0.3 is 5.32 Å². The fraction of sp³-hybridized carbons (Fsp3) is 0.625. The molecule has 1 N–H and O–H groups in total. The molecule has 0 spiro atoms. The van der Waals surface area contributed by atoms with Crippen molar-refractivity contribution in [3.8, 4) is 0 Å². The second kappa shape index (κ2) is 6.80. The maximum absolute atomic E-state index is 3.24. The number of hydrogen-bond donors (Lipinski definition) is 1. The Morgan fingerprint density at radius 1 is 1.00 bits per heavy atom. The molecule has 1 rings (SSSR count). The Kier molecular flexibility index (Phi) is 5.70. The molecule has 0 fully saturated rings. The maximum Gasteiger partial charge on any atom is -0.00468 e. The van der Waals surface area contributed by atoms with Gasteiger partial charge in [0.05, 0.1) is 0 Å². The Hall–Kier alpha value is -0.820. The minimum Gasteiger partial charge on any atom is -0.320 e. The largest absolute Gasteiger partial charge is 0.320 e. The number of hydrogen-bond acceptors (Lipinski definition) is 1. The Bertz CT molecular complexity index is 311. The van der Waals surface area contributed by atoms with Gasteiger partial charge in [0, 0.05) is 0 Å². The second-order valence-corrected chi connectivity index (χ2v) is 5.69. The summed E-state index contributed by atoms with van der Waals surface area (Å²) in [7, 11) is 2.03. The van der Waals surface area contributed by atoms with Crippen molar-refractivity contribution >= 4 is 0 Å². The summed E-state index contributed by atoms with van der Waals surface area (Å²) in [4.78, 5) is 0. The van der Waals surface area contributed by atoms with Gasteiger partial charge in [0.25, 0.3) is 0 Å². The van der Waals surface area contributed by atoms with Gasteiger partial charge in [0.1, 0.15) is 0 Å². The smallest absolute Gasteiger partial charge is 0.00468 e. The average Bonchev–Trinajstić information content (AvgIpc) is 2.35. The van der Waals surface area contributed by atoms with E-state index in [2.05, 4.69) is 50.4 Å². The van der Waals surface area contributed by atoms with Gasteiger partial charge in [-0.1, -0.05) is 45.0 Å². The molecule has 0 aliphatic carbocycles. The van der Waals surface area contributed by atoms with Crippen LogP contribution in [0.5, 0.6) is 0 Å². The van der Waals surface area contributed by atoms with Crippen LogP contribution in [0.4, 0.5) is 0 Å². The van der Waals surface area contributed by atoms with Gasteiger partial charge in [-0.3, -0.25) is 0 Å². The third-order valence-electron chi connectivity index (χ3n) is 3.57. The van der Waals surface area contributed by atoms with Gasteiger partial charge in [0.15, 0.2) is 0 Å². The fourth-order valence-corrected chi connectivity index (χ4v) is 2.01. The highest BCUT2D eigenvalue weighted by atomic mass is 14.8. The van der Waals surface area contributed by atoms with Crippen LogP contribution >= 0.6 is 0 Å². The maximum atomic E-state index is 3.24. The summed E-state index contributed by atoms with van der Waals surface area (Å²) in [6, 6.07) is 9.09. The predicted octanol–water partition coefficient (Wildman–Crippen LogP) is 3.82. The summed E-state index contributed by atoms with van der Waals surface area (Å²) in [5.74, 6) is 0. The number of nitrogens with one attached hydrogen (secondary N) is 1. The molecule has 0 unspecified atom stereocenters. The first-order valence-electron chi connectivity index (χ1n) is 6.80. The van der Waals surface area contributed by atoms with Crippen LogP contribution in [0, 0.1) is 5.41 Å². The van der Waals surface area contributed by atoms with Crippen molar-refractivity contribution < 1.29 is 0 Å². The zero-order valence-electron chi connectivity index (χ0n) is 11.8. The molecule has 1 aromatic rings. The standard InChI is InChI=1S/C16H27N/c1-5-14-6-8-15(9-7-14)10-11-16(2,3)12-13-17-4/h6-9,17H,5,10-13H2,1-4H3. The van der Waals surface area contributed by atoms with Crippen molar-refractivity contribution in [2.24, 2.45) is 5.41 Å². The van der Waals surface area contributed by atoms with Gasteiger partial charge in [0.2, 0.25) is 0 Å². The summed E-state index contributed by atoms with van der Waals surface area (Å²) in [6.45, 7) is 8.05. The molecule has 17 heavy (non-hydrogen) atoms. The van der Waals surface area contributed by atoms with Crippen LogP contribution in [0.1, 0.15) is 44.7 Å². The van der Waals surface area contributed by atoms with Crippen LogP contribution in [0.2, 0.25) is 0 Å². The third kappa shape index (κ3) is 5.36. The van der Waals surface area contributed by atoms with Crippen LogP contribution in [0.25, 0.3) is 0 Å². The molecule has 0 atom stereocenters. The van der Waals surface area contributed by atoms with E-state index in [1.165, 1.54) is 30.4 Å². The molecule has 0 aliphatic heterocycles. The molecule has 0 aliphatic rings. The topological polar surface area (TPSA) is 12.0 Å². The first-order chi connectivity index (χ1) is 8.07. The number of aryl methyl sites for hydroxylation is 2. The molecule has 1 aromatic carbocycles. The van der Waals surface area contributed by atoms with Crippen LogP contribution in [0.3, 0.4) is 0 Å². The van der Waals surface area contributed by atoms with E-state index in [1.54, 1.807) is 0 Å². The van der Waals surface area contributed by atoms with Crippen molar-refractivity contribution in [2.45, 2.75) is 46.5 Å². The van der Waals surface area contributed by atoms with E-state index < -0.39 is 0 Å². The Morgan fingerprint density at radius 3 is 2.12 bits per heavy atom. The first-order valence-corrected chi connectivity index (χ1v) is 6.80. The van der Waals surface area contributed by atoms with Gasteiger partial charge in [-0.15, -0.1) is 0 Å². The third-order valence-corrected chi connectivity index (χ3v) is 3.57. The zero-order chi connectivity index (χ0) is 12.7. The molecule has 1 heteroatoms. The quantitative estimate of drug-likeness (QED) is 0.755. The van der Waals surface area contributed by atoms with Gasteiger partial charge in [-0.05, 0) is 55.8 Å². The summed E-state index contributed by atoms with van der Waals surface area (Å²) in [5.41, 5.74) is 3.34. The summed E-state index contributed by atoms with van der Waals surface area (Å²) in [6.07, 6.45) is 4.84. The molecule has 1 nitrogen and oxygen atoms in total. The highest BCUT2D eigenvalue weighted by molar-refractivity contribution is 5.22. The van der Waals surface area contributed by atoms with Gasteiger partial charge in [-0.25, -0.2) is 0 Å². The van der Waals surface area contributed by atoms with Crippen LogP contribution < -0.4 is 5.32 Å². The molecule has 0 aromatic heterocycles. The van der Waals surface area contributed by atoms with Crippen molar-refractivity contribution in [3.05, 3.63) is 35.4 Å². The van der Waals surface area contributed by atoms with Crippen molar-refractivity contribution in [1.29, 1.82) is 0 Å². The Labute approximate surface area is 107 Å². The molecular weight excluding hydrogens is 206 g/mol. The van der Waals surface area contributed by atoms with E-state index in [4.69, 9.17) is 0 Å². The first kappa shape index (κ1) is 14.2. The van der Waals surface area contributed by atoms with E-state index in [0.29, 0.717) is 5.41 Å². The van der Waals surface area contributed by atoms with Crippen LogP contribution in [0.15, 0.2) is 24.3 Å². The summed E-state index contributed by atoms with van der Waals surface area (Å²) in [5, 5.41) is 3.24. The monoisotopic (exact) mass is 233 g/mol. The lowest BCUT2D eigenvalue weighted by Crippen LogP contribution is -2.20. The van der Waals surface area contributed by atoms with E-state index >= 15 is 0 Å². The van der Waals surface area contributed by atoms with E-state index in [-0.39, 0.29) is 0 Å². The zero-order valence-corrected chi connectivity index (χ0v) is 11.8. The minimum absolute atomic E-state index is 0.437. The Morgan fingerprint density at radius 2 is 1.59 bits per heavy atom. The highest BCUT2D eigenvalue weighted by Gasteiger charge is 2.16. The number of rotatable bonds is 7. The number of benzene rings is 1. The summed E-state index contributed by atoms with van der Waals surface area (Å²) >= 11 is 0. The molecule has 96 valence electrons. The lowest BCUT2D eigenvalue weighted by Gasteiger charge is -2.24. The SMILES string of the molecule is CCc1ccc(CCC(C)(C)CCNC)cc1. The molecule has 0 amide bonds. The second-order valence-electron chi connectivity index (χ2n) is 5.69. The molecule has 0 heterocycles. The predicted molar refractivity (Wildman–Crippen MR) is 76.5 cm³/mol. The molecule has 0 saturated carbocycles. The lowest BCUT2D eigenvalue weighted by molar-refractivity contribution is 0.305. The van der Waals surface area contributed by atoms with E-state index in [9.17, 15) is 0 Å². The van der Waals surface area contributed by atoms with Crippen LogP contribution in [-0.4, -0.2) is 13.6 Å². The van der Waals surface area contributed by atoms with Crippen molar-refractivity contribution in [3.63, 3.8) is 0 Å². The van der Waals surface area contributed by atoms with Crippen molar-refractivity contribution in [1.82, 2.24) is 5.32 Å². The molecule has 0 bridgehead atoms. The lowest BCUT2D eigenvalue weighted by atomic mass is 9.83. The van der Waals surface area contributed by atoms with E-state index in [0.717, 1.165) is 13.0 Å². The highest BCUT2D eigenvalue weighted by Crippen LogP contribution is 2.26. The van der Waals surface area contributed by atoms with Crippen LogP contribution in [-0.2, 0) is 12.8 Å². The van der Waals surface area contributed by atoms with Crippen molar-refractivity contribution in [2.75, 3.05) is 13.6 Å². The molecular formula is C16H27N. The minimum atomic E-state index is 0.437. The summed E-state index contributed by atoms with van der Waals surface area (Å²) < 4.78 is 0. The van der Waals surface area contributed by atoms with E-state index in [1.807, 2.05) is 7.05 Å².